The molecular weight excluding hydrogens is 304 g/mol. The maximum absolute atomic E-state index is 12.2. The maximum Gasteiger partial charge on any atom is 0.420 e. The highest BCUT2D eigenvalue weighted by Crippen LogP contribution is 2.11. The van der Waals surface area contributed by atoms with Gasteiger partial charge in [-0.3, -0.25) is 9.36 Å². The van der Waals surface area contributed by atoms with Crippen LogP contribution in [-0.2, 0) is 17.8 Å². The molecule has 1 aromatic heterocycles. The lowest BCUT2D eigenvalue weighted by molar-refractivity contribution is -0.122. The van der Waals surface area contributed by atoms with Gasteiger partial charge >= 0.3 is 5.76 Å². The number of fused-ring (bicyclic) bond motifs is 1. The molecule has 5 heteroatoms. The van der Waals surface area contributed by atoms with E-state index in [1.54, 1.807) is 18.2 Å². The minimum atomic E-state index is -0.511. The van der Waals surface area contributed by atoms with Gasteiger partial charge < -0.3 is 9.73 Å². The van der Waals surface area contributed by atoms with E-state index in [2.05, 4.69) is 17.4 Å². The van der Waals surface area contributed by atoms with Crippen LogP contribution in [0.15, 0.2) is 63.8 Å². The van der Waals surface area contributed by atoms with Crippen LogP contribution in [0.3, 0.4) is 0 Å². The molecular formula is C19H20N2O3. The first kappa shape index (κ1) is 16.1. The number of nitrogens with one attached hydrogen (secondary N) is 1. The lowest BCUT2D eigenvalue weighted by Gasteiger charge is -2.14. The molecule has 2 aromatic carbocycles. The summed E-state index contributed by atoms with van der Waals surface area (Å²) in [7, 11) is 0. The fourth-order valence-corrected chi connectivity index (χ4v) is 2.73. The second-order valence-corrected chi connectivity index (χ2v) is 5.91. The summed E-state index contributed by atoms with van der Waals surface area (Å²) in [6.45, 7) is 1.93. The Labute approximate surface area is 139 Å². The van der Waals surface area contributed by atoms with E-state index in [0.29, 0.717) is 11.1 Å². The summed E-state index contributed by atoms with van der Waals surface area (Å²) in [6, 6.07) is 17.3. The Morgan fingerprint density at radius 1 is 1.12 bits per heavy atom. The van der Waals surface area contributed by atoms with Gasteiger partial charge in [-0.25, -0.2) is 4.79 Å². The maximum atomic E-state index is 12.2. The van der Waals surface area contributed by atoms with Gasteiger partial charge in [-0.2, -0.15) is 0 Å². The lowest BCUT2D eigenvalue weighted by Crippen LogP contribution is -2.37. The summed E-state index contributed by atoms with van der Waals surface area (Å²) in [5.41, 5.74) is 2.37. The first-order valence-electron chi connectivity index (χ1n) is 8.05. The zero-order valence-electron chi connectivity index (χ0n) is 13.6. The van der Waals surface area contributed by atoms with Crippen molar-refractivity contribution in [2.24, 2.45) is 0 Å². The van der Waals surface area contributed by atoms with Crippen LogP contribution >= 0.6 is 0 Å². The SMILES string of the molecule is CC(CCc1ccccc1)NC(=O)Cn1c(=O)oc2ccccc21. The number of oxazole rings is 1. The van der Waals surface area contributed by atoms with Gasteiger partial charge in [-0.1, -0.05) is 42.5 Å². The Morgan fingerprint density at radius 3 is 2.62 bits per heavy atom. The van der Waals surface area contributed by atoms with Crippen LogP contribution in [-0.4, -0.2) is 16.5 Å². The van der Waals surface area contributed by atoms with Crippen molar-refractivity contribution in [2.45, 2.75) is 32.4 Å². The van der Waals surface area contributed by atoms with Crippen LogP contribution in [0.4, 0.5) is 0 Å². The van der Waals surface area contributed by atoms with Crippen LogP contribution in [0.2, 0.25) is 0 Å². The second-order valence-electron chi connectivity index (χ2n) is 5.91. The Bertz CT molecular complexity index is 880. The third-order valence-corrected chi connectivity index (χ3v) is 3.99. The monoisotopic (exact) mass is 324 g/mol. The minimum absolute atomic E-state index is 0.0339. The molecule has 24 heavy (non-hydrogen) atoms. The number of hydrogen-bond donors (Lipinski definition) is 1. The molecule has 5 nitrogen and oxygen atoms in total. The molecule has 3 rings (SSSR count). The van der Waals surface area contributed by atoms with Crippen molar-refractivity contribution < 1.29 is 9.21 Å². The highest BCUT2D eigenvalue weighted by molar-refractivity contribution is 5.79. The normalized spacial score (nSPS) is 12.2. The summed E-state index contributed by atoms with van der Waals surface area (Å²) < 4.78 is 6.49. The van der Waals surface area contributed by atoms with Gasteiger partial charge in [0.1, 0.15) is 6.54 Å². The van der Waals surface area contributed by atoms with Crippen LogP contribution in [0.25, 0.3) is 11.1 Å². The molecule has 1 amide bonds. The van der Waals surface area contributed by atoms with E-state index in [1.807, 2.05) is 31.2 Å². The summed E-state index contributed by atoms with van der Waals surface area (Å²) in [5, 5.41) is 2.94. The van der Waals surface area contributed by atoms with Crippen molar-refractivity contribution in [1.82, 2.24) is 9.88 Å². The third kappa shape index (κ3) is 3.74. The highest BCUT2D eigenvalue weighted by atomic mass is 16.4. The fraction of sp³-hybridized carbons (Fsp3) is 0.263. The molecule has 0 aliphatic rings. The zero-order chi connectivity index (χ0) is 16.9. The average Bonchev–Trinajstić information content (AvgIpc) is 2.90. The van der Waals surface area contributed by atoms with Gasteiger partial charge in [-0.05, 0) is 37.5 Å². The molecule has 124 valence electrons. The van der Waals surface area contributed by atoms with E-state index in [4.69, 9.17) is 4.42 Å². The van der Waals surface area contributed by atoms with Crippen molar-refractivity contribution in [3.05, 3.63) is 70.7 Å². The van der Waals surface area contributed by atoms with E-state index >= 15 is 0 Å². The smallest absolute Gasteiger partial charge is 0.408 e. The van der Waals surface area contributed by atoms with E-state index in [1.165, 1.54) is 10.1 Å². The van der Waals surface area contributed by atoms with Crippen molar-refractivity contribution in [2.75, 3.05) is 0 Å². The molecule has 0 bridgehead atoms. The number of aromatic nitrogens is 1. The number of aryl methyl sites for hydroxylation is 1. The largest absolute Gasteiger partial charge is 0.420 e. The summed E-state index contributed by atoms with van der Waals surface area (Å²) >= 11 is 0. The fourth-order valence-electron chi connectivity index (χ4n) is 2.73. The Hall–Kier alpha value is -2.82. The van der Waals surface area contributed by atoms with Crippen LogP contribution in [0, 0.1) is 0 Å². The van der Waals surface area contributed by atoms with Gasteiger partial charge in [0.15, 0.2) is 5.58 Å². The highest BCUT2D eigenvalue weighted by Gasteiger charge is 2.13. The third-order valence-electron chi connectivity index (χ3n) is 3.99. The molecule has 0 spiro atoms. The van der Waals surface area contributed by atoms with Crippen LogP contribution in [0.5, 0.6) is 0 Å². The molecule has 0 radical (unpaired) electrons. The van der Waals surface area contributed by atoms with E-state index in [9.17, 15) is 9.59 Å². The van der Waals surface area contributed by atoms with Crippen LogP contribution in [0.1, 0.15) is 18.9 Å². The summed E-state index contributed by atoms with van der Waals surface area (Å²) in [6.07, 6.45) is 1.74. The zero-order valence-corrected chi connectivity index (χ0v) is 13.6. The van der Waals surface area contributed by atoms with Crippen molar-refractivity contribution in [1.29, 1.82) is 0 Å². The second kappa shape index (κ2) is 7.17. The predicted molar refractivity (Wildman–Crippen MR) is 92.8 cm³/mol. The number of benzene rings is 2. The van der Waals surface area contributed by atoms with Gasteiger partial charge in [0.25, 0.3) is 0 Å². The number of para-hydroxylation sites is 2. The molecule has 3 aromatic rings. The minimum Gasteiger partial charge on any atom is -0.408 e. The van der Waals surface area contributed by atoms with Gasteiger partial charge in [0.2, 0.25) is 5.91 Å². The van der Waals surface area contributed by atoms with Crippen LogP contribution < -0.4 is 11.1 Å². The molecule has 1 unspecified atom stereocenters. The lowest BCUT2D eigenvalue weighted by atomic mass is 10.1. The van der Waals surface area contributed by atoms with Gasteiger partial charge in [0.05, 0.1) is 5.52 Å². The van der Waals surface area contributed by atoms with E-state index < -0.39 is 5.76 Å². The number of carbonyl (C=O) groups is 1. The molecule has 1 atom stereocenters. The number of hydrogen-bond acceptors (Lipinski definition) is 3. The Kier molecular flexibility index (Phi) is 4.79. The standard InChI is InChI=1S/C19H20N2O3/c1-14(11-12-15-7-3-2-4-8-15)20-18(22)13-21-16-9-5-6-10-17(16)24-19(21)23/h2-10,14H,11-13H2,1H3,(H,20,22). The molecule has 0 saturated heterocycles. The number of amides is 1. The van der Waals surface area contributed by atoms with Crippen molar-refractivity contribution in [3.63, 3.8) is 0 Å². The summed E-state index contributed by atoms with van der Waals surface area (Å²) in [4.78, 5) is 24.1. The number of rotatable bonds is 6. The van der Waals surface area contributed by atoms with Gasteiger partial charge in [-0.15, -0.1) is 0 Å². The predicted octanol–water partition coefficient (Wildman–Crippen LogP) is 2.73. The topological polar surface area (TPSA) is 64.2 Å². The molecule has 0 saturated carbocycles. The van der Waals surface area contributed by atoms with Crippen molar-refractivity contribution in [3.8, 4) is 0 Å². The van der Waals surface area contributed by atoms with Gasteiger partial charge in [0, 0.05) is 6.04 Å². The quantitative estimate of drug-likeness (QED) is 0.758. The van der Waals surface area contributed by atoms with E-state index in [0.717, 1.165) is 12.8 Å². The molecule has 1 N–H and O–H groups in total. The molecule has 1 heterocycles. The molecule has 0 aliphatic heterocycles. The van der Waals surface area contributed by atoms with Crippen molar-refractivity contribution >= 4 is 17.0 Å². The Balaban J connectivity index is 1.58. The summed E-state index contributed by atoms with van der Waals surface area (Å²) in [5.74, 6) is -0.701. The first-order valence-corrected chi connectivity index (χ1v) is 8.05. The molecule has 0 aliphatic carbocycles. The molecule has 0 fully saturated rings. The Morgan fingerprint density at radius 2 is 1.83 bits per heavy atom. The number of nitrogens with zero attached hydrogens (tertiary/aromatic N) is 1. The average molecular weight is 324 g/mol. The first-order chi connectivity index (χ1) is 11.6. The van der Waals surface area contributed by atoms with E-state index in [-0.39, 0.29) is 18.5 Å². The number of carbonyl (C=O) groups excluding carboxylic acids is 1.